The third-order valence-corrected chi connectivity index (χ3v) is 4.83. The molecule has 9 heteroatoms. The fourth-order valence-electron chi connectivity index (χ4n) is 1.47. The van der Waals surface area contributed by atoms with E-state index in [4.69, 9.17) is 28.9 Å². The quantitative estimate of drug-likeness (QED) is 0.625. The van der Waals surface area contributed by atoms with Crippen molar-refractivity contribution in [1.82, 2.24) is 9.36 Å². The normalized spacial score (nSPS) is 10.6. The number of rotatable bonds is 5. The molecular weight excluding hydrogens is 351 g/mol. The molecule has 0 saturated heterocycles. The molecule has 2 aromatic rings. The third kappa shape index (κ3) is 4.47. The highest BCUT2D eigenvalue weighted by Gasteiger charge is 2.12. The summed E-state index contributed by atoms with van der Waals surface area (Å²) >= 11 is 14.4. The van der Waals surface area contributed by atoms with E-state index in [0.29, 0.717) is 21.4 Å². The number of nitrogens with two attached hydrogens (primary N) is 1. The van der Waals surface area contributed by atoms with Crippen LogP contribution in [-0.4, -0.2) is 21.0 Å². The maximum absolute atomic E-state index is 11.9. The van der Waals surface area contributed by atoms with Crippen molar-refractivity contribution >= 4 is 63.8 Å². The number of hydrogen-bond acceptors (Lipinski definition) is 6. The Bertz CT molecular complexity index is 639. The lowest BCUT2D eigenvalue weighted by molar-refractivity contribution is -0.113. The summed E-state index contributed by atoms with van der Waals surface area (Å²) in [5.41, 5.74) is 6.49. The fourth-order valence-corrected chi connectivity index (χ4v) is 3.52. The Morgan fingerprint density at radius 3 is 2.86 bits per heavy atom. The van der Waals surface area contributed by atoms with E-state index in [1.807, 2.05) is 6.92 Å². The molecule has 1 aromatic heterocycles. The number of halogens is 2. The molecule has 0 aliphatic carbocycles. The summed E-state index contributed by atoms with van der Waals surface area (Å²) < 4.78 is 4.92. The number of benzene rings is 1. The molecule has 0 atom stereocenters. The number of thioether (sulfide) groups is 1. The molecular formula is C12H12Cl2N4OS2. The number of anilines is 2. The van der Waals surface area contributed by atoms with Crippen LogP contribution in [0.4, 0.5) is 11.4 Å². The van der Waals surface area contributed by atoms with Gasteiger partial charge in [-0.05, 0) is 23.7 Å². The number of hydrogen-bond donors (Lipinski definition) is 2. The number of aromatic nitrogens is 2. The summed E-state index contributed by atoms with van der Waals surface area (Å²) in [7, 11) is 0. The van der Waals surface area contributed by atoms with Gasteiger partial charge in [0.15, 0.2) is 4.34 Å². The first-order chi connectivity index (χ1) is 9.99. The molecule has 0 aliphatic rings. The van der Waals surface area contributed by atoms with Crippen LogP contribution in [0.5, 0.6) is 0 Å². The standard InChI is InChI=1S/C12H12Cl2N4OS2/c1-2-9-16-12(21-18-9)20-5-10(19)17-11-7(14)3-6(13)4-8(11)15/h3-4H,2,5,15H2,1H3,(H,17,19). The topological polar surface area (TPSA) is 80.9 Å². The highest BCUT2D eigenvalue weighted by molar-refractivity contribution is 8.01. The maximum Gasteiger partial charge on any atom is 0.234 e. The SMILES string of the molecule is CCc1nsc(SCC(=O)Nc2c(N)cc(Cl)cc2Cl)n1. The molecule has 0 spiro atoms. The molecule has 112 valence electrons. The van der Waals surface area contributed by atoms with Crippen LogP contribution in [0.3, 0.4) is 0 Å². The van der Waals surface area contributed by atoms with Gasteiger partial charge >= 0.3 is 0 Å². The van der Waals surface area contributed by atoms with Crippen molar-refractivity contribution < 1.29 is 4.79 Å². The lowest BCUT2D eigenvalue weighted by atomic mass is 10.2. The minimum atomic E-state index is -0.218. The first-order valence-electron chi connectivity index (χ1n) is 5.99. The number of nitrogens with zero attached hydrogens (tertiary/aromatic N) is 2. The van der Waals surface area contributed by atoms with Gasteiger partial charge < -0.3 is 11.1 Å². The third-order valence-electron chi connectivity index (χ3n) is 2.44. The van der Waals surface area contributed by atoms with Crippen molar-refractivity contribution in [2.75, 3.05) is 16.8 Å². The summed E-state index contributed by atoms with van der Waals surface area (Å²) in [6.45, 7) is 1.98. The van der Waals surface area contributed by atoms with Gasteiger partial charge in [0, 0.05) is 11.4 Å². The monoisotopic (exact) mass is 362 g/mol. The molecule has 21 heavy (non-hydrogen) atoms. The second kappa shape index (κ2) is 7.31. The van der Waals surface area contributed by atoms with Gasteiger partial charge in [-0.3, -0.25) is 4.79 Å². The van der Waals surface area contributed by atoms with E-state index >= 15 is 0 Å². The van der Waals surface area contributed by atoms with Crippen molar-refractivity contribution in [2.24, 2.45) is 0 Å². The van der Waals surface area contributed by atoms with Crippen molar-refractivity contribution in [1.29, 1.82) is 0 Å². The predicted octanol–water partition coefficient (Wildman–Crippen LogP) is 3.72. The molecule has 1 heterocycles. The van der Waals surface area contributed by atoms with Crippen LogP contribution in [0.15, 0.2) is 16.5 Å². The molecule has 1 amide bonds. The van der Waals surface area contributed by atoms with E-state index in [2.05, 4.69) is 14.7 Å². The molecule has 0 fully saturated rings. The van der Waals surface area contributed by atoms with Crippen molar-refractivity contribution in [3.05, 3.63) is 28.0 Å². The van der Waals surface area contributed by atoms with Gasteiger partial charge in [0.25, 0.3) is 0 Å². The molecule has 3 N–H and O–H groups in total. The Kier molecular flexibility index (Phi) is 5.69. The van der Waals surface area contributed by atoms with Crippen LogP contribution in [0.2, 0.25) is 10.0 Å². The van der Waals surface area contributed by atoms with E-state index in [0.717, 1.165) is 16.6 Å². The lowest BCUT2D eigenvalue weighted by Crippen LogP contribution is -2.15. The predicted molar refractivity (Wildman–Crippen MR) is 89.5 cm³/mol. The Hall–Kier alpha value is -1.02. The van der Waals surface area contributed by atoms with E-state index < -0.39 is 0 Å². The number of carbonyl (C=O) groups is 1. The Morgan fingerprint density at radius 1 is 1.48 bits per heavy atom. The van der Waals surface area contributed by atoms with Crippen LogP contribution < -0.4 is 11.1 Å². The Morgan fingerprint density at radius 2 is 2.24 bits per heavy atom. The average molecular weight is 363 g/mol. The van der Waals surface area contributed by atoms with Gasteiger partial charge in [-0.25, -0.2) is 4.98 Å². The van der Waals surface area contributed by atoms with Crippen LogP contribution >= 0.6 is 46.5 Å². The number of carbonyl (C=O) groups excluding carboxylic acids is 1. The number of aryl methyl sites for hydroxylation is 1. The van der Waals surface area contributed by atoms with Crippen LogP contribution in [0, 0.1) is 0 Å². The molecule has 0 aliphatic heterocycles. The van der Waals surface area contributed by atoms with Crippen LogP contribution in [0.25, 0.3) is 0 Å². The van der Waals surface area contributed by atoms with Gasteiger partial charge in [0.2, 0.25) is 5.91 Å². The van der Waals surface area contributed by atoms with Gasteiger partial charge in [-0.15, -0.1) is 0 Å². The highest BCUT2D eigenvalue weighted by atomic mass is 35.5. The molecule has 0 bridgehead atoms. The fraction of sp³-hybridized carbons (Fsp3) is 0.250. The smallest absolute Gasteiger partial charge is 0.234 e. The first-order valence-corrected chi connectivity index (χ1v) is 8.50. The molecule has 0 saturated carbocycles. The van der Waals surface area contributed by atoms with Crippen molar-refractivity contribution in [2.45, 2.75) is 17.7 Å². The number of nitrogen functional groups attached to an aromatic ring is 1. The van der Waals surface area contributed by atoms with Crippen LogP contribution in [0.1, 0.15) is 12.7 Å². The van der Waals surface area contributed by atoms with Crippen LogP contribution in [-0.2, 0) is 11.2 Å². The van der Waals surface area contributed by atoms with Gasteiger partial charge in [-0.1, -0.05) is 41.9 Å². The van der Waals surface area contributed by atoms with E-state index in [1.54, 1.807) is 0 Å². The second-order valence-electron chi connectivity index (χ2n) is 4.02. The summed E-state index contributed by atoms with van der Waals surface area (Å²) in [6, 6.07) is 3.06. The van der Waals surface area contributed by atoms with Crippen molar-refractivity contribution in [3.8, 4) is 0 Å². The Labute approximate surface area is 140 Å². The molecule has 0 unspecified atom stereocenters. The average Bonchev–Trinajstić information content (AvgIpc) is 2.88. The first kappa shape index (κ1) is 16.4. The zero-order chi connectivity index (χ0) is 15.4. The van der Waals surface area contributed by atoms with Gasteiger partial charge in [0.05, 0.1) is 22.2 Å². The summed E-state index contributed by atoms with van der Waals surface area (Å²) in [5, 5.41) is 3.41. The zero-order valence-electron chi connectivity index (χ0n) is 11.0. The van der Waals surface area contributed by atoms with Gasteiger partial charge in [0.1, 0.15) is 5.82 Å². The maximum atomic E-state index is 11.9. The lowest BCUT2D eigenvalue weighted by Gasteiger charge is -2.10. The number of nitrogens with one attached hydrogen (secondary N) is 1. The van der Waals surface area contributed by atoms with Crippen molar-refractivity contribution in [3.63, 3.8) is 0 Å². The summed E-state index contributed by atoms with van der Waals surface area (Å²) in [5.74, 6) is 0.772. The highest BCUT2D eigenvalue weighted by Crippen LogP contribution is 2.32. The summed E-state index contributed by atoms with van der Waals surface area (Å²) in [4.78, 5) is 16.2. The second-order valence-corrected chi connectivity index (χ2v) is 6.84. The van der Waals surface area contributed by atoms with Gasteiger partial charge in [-0.2, -0.15) is 4.37 Å². The summed E-state index contributed by atoms with van der Waals surface area (Å²) in [6.07, 6.45) is 0.778. The minimum absolute atomic E-state index is 0.205. The number of amides is 1. The van der Waals surface area contributed by atoms with E-state index in [-0.39, 0.29) is 11.7 Å². The largest absolute Gasteiger partial charge is 0.397 e. The molecule has 5 nitrogen and oxygen atoms in total. The minimum Gasteiger partial charge on any atom is -0.397 e. The Balaban J connectivity index is 1.96. The molecule has 2 rings (SSSR count). The van der Waals surface area contributed by atoms with E-state index in [1.165, 1.54) is 35.4 Å². The van der Waals surface area contributed by atoms with E-state index in [9.17, 15) is 4.79 Å². The molecule has 1 aromatic carbocycles. The zero-order valence-corrected chi connectivity index (χ0v) is 14.2. The molecule has 0 radical (unpaired) electrons.